The highest BCUT2D eigenvalue weighted by atomic mass is 32.2. The van der Waals surface area contributed by atoms with Gasteiger partial charge in [-0.3, -0.25) is 14.1 Å². The number of hydrogen-bond acceptors (Lipinski definition) is 9. The molecule has 0 aliphatic carbocycles. The van der Waals surface area contributed by atoms with E-state index in [1.807, 2.05) is 4.90 Å². The van der Waals surface area contributed by atoms with Crippen molar-refractivity contribution in [1.29, 1.82) is 0 Å². The van der Waals surface area contributed by atoms with E-state index in [4.69, 9.17) is 9.84 Å². The SMILES string of the molecule is CCN(C)S(=O)(=O)Nc1ccc(F)c(Oc2ccc3ncn(-c4cnc(N5CCN(C(=O)O)CC5)nc4)c(=O)c3c2)c1F. The van der Waals surface area contributed by atoms with Crippen LogP contribution in [0.1, 0.15) is 6.92 Å². The fraction of sp³-hybridized carbons (Fsp3) is 0.269. The maximum Gasteiger partial charge on any atom is 0.407 e. The van der Waals surface area contributed by atoms with Crippen LogP contribution in [0.3, 0.4) is 0 Å². The number of rotatable bonds is 8. The van der Waals surface area contributed by atoms with E-state index in [2.05, 4.69) is 19.7 Å². The van der Waals surface area contributed by atoms with E-state index in [-0.39, 0.29) is 23.2 Å². The van der Waals surface area contributed by atoms with Gasteiger partial charge in [-0.15, -0.1) is 0 Å². The summed E-state index contributed by atoms with van der Waals surface area (Å²) in [5.74, 6) is -2.95. The van der Waals surface area contributed by atoms with Gasteiger partial charge in [-0.1, -0.05) is 6.92 Å². The second-order valence-corrected chi connectivity index (χ2v) is 11.2. The van der Waals surface area contributed by atoms with Gasteiger partial charge in [0.2, 0.25) is 11.7 Å². The lowest BCUT2D eigenvalue weighted by molar-refractivity contribution is 0.142. The van der Waals surface area contributed by atoms with Crippen LogP contribution in [0, 0.1) is 11.6 Å². The Morgan fingerprint density at radius 2 is 1.79 bits per heavy atom. The number of nitrogens with zero attached hydrogens (tertiary/aromatic N) is 7. The maximum atomic E-state index is 15.2. The molecule has 3 heterocycles. The number of fused-ring (bicyclic) bond motifs is 1. The Morgan fingerprint density at radius 1 is 1.09 bits per heavy atom. The molecule has 43 heavy (non-hydrogen) atoms. The first-order valence-electron chi connectivity index (χ1n) is 12.9. The molecular formula is C26H26F2N8O6S. The highest BCUT2D eigenvalue weighted by Crippen LogP contribution is 2.33. The molecule has 1 aliphatic heterocycles. The lowest BCUT2D eigenvalue weighted by Gasteiger charge is -2.33. The summed E-state index contributed by atoms with van der Waals surface area (Å²) in [4.78, 5) is 40.5. The molecule has 1 aliphatic rings. The Kier molecular flexibility index (Phi) is 8.10. The fourth-order valence-electron chi connectivity index (χ4n) is 4.26. The number of piperazine rings is 1. The van der Waals surface area contributed by atoms with Crippen molar-refractivity contribution in [2.75, 3.05) is 49.4 Å². The van der Waals surface area contributed by atoms with E-state index in [0.29, 0.717) is 37.8 Å². The summed E-state index contributed by atoms with van der Waals surface area (Å²) in [5.41, 5.74) is -0.471. The predicted molar refractivity (Wildman–Crippen MR) is 152 cm³/mol. The third-order valence-corrected chi connectivity index (χ3v) is 8.39. The summed E-state index contributed by atoms with van der Waals surface area (Å²) in [7, 11) is -2.80. The van der Waals surface area contributed by atoms with Crippen molar-refractivity contribution in [2.24, 2.45) is 0 Å². The number of anilines is 2. The van der Waals surface area contributed by atoms with Crippen molar-refractivity contribution in [3.8, 4) is 17.2 Å². The van der Waals surface area contributed by atoms with Gasteiger partial charge in [-0.25, -0.2) is 28.5 Å². The van der Waals surface area contributed by atoms with E-state index >= 15 is 4.39 Å². The molecule has 226 valence electrons. The minimum atomic E-state index is -4.09. The smallest absolute Gasteiger partial charge is 0.407 e. The molecule has 17 heteroatoms. The molecule has 1 amide bonds. The van der Waals surface area contributed by atoms with Crippen LogP contribution < -0.4 is 19.9 Å². The van der Waals surface area contributed by atoms with Crippen LogP contribution in [0.25, 0.3) is 16.6 Å². The number of ether oxygens (including phenoxy) is 1. The number of hydrogen-bond donors (Lipinski definition) is 2. The first kappa shape index (κ1) is 29.6. The molecule has 1 saturated heterocycles. The summed E-state index contributed by atoms with van der Waals surface area (Å²) in [6, 6.07) is 5.85. The molecule has 0 spiro atoms. The molecule has 0 atom stereocenters. The van der Waals surface area contributed by atoms with Gasteiger partial charge in [0.15, 0.2) is 11.6 Å². The van der Waals surface area contributed by atoms with Crippen molar-refractivity contribution < 1.29 is 31.8 Å². The number of carboxylic acid groups (broad SMARTS) is 1. The molecule has 2 aromatic heterocycles. The summed E-state index contributed by atoms with van der Waals surface area (Å²) in [5, 5.41) is 9.18. The van der Waals surface area contributed by atoms with Gasteiger partial charge in [-0.2, -0.15) is 12.7 Å². The maximum absolute atomic E-state index is 15.2. The minimum Gasteiger partial charge on any atom is -0.465 e. The van der Waals surface area contributed by atoms with Crippen molar-refractivity contribution in [3.05, 3.63) is 71.0 Å². The van der Waals surface area contributed by atoms with Crippen LogP contribution >= 0.6 is 0 Å². The Hall–Kier alpha value is -4.90. The zero-order valence-corrected chi connectivity index (χ0v) is 23.8. The normalized spacial score (nSPS) is 13.9. The van der Waals surface area contributed by atoms with Crippen LogP contribution in [0.4, 0.5) is 25.2 Å². The molecule has 1 fully saturated rings. The quantitative estimate of drug-likeness (QED) is 0.301. The topological polar surface area (TPSA) is 163 Å². The average Bonchev–Trinajstić information content (AvgIpc) is 3.00. The van der Waals surface area contributed by atoms with E-state index in [1.165, 1.54) is 53.4 Å². The number of benzene rings is 2. The Balaban J connectivity index is 1.40. The van der Waals surface area contributed by atoms with Crippen LogP contribution in [0.2, 0.25) is 0 Å². The monoisotopic (exact) mass is 616 g/mol. The average molecular weight is 617 g/mol. The number of aromatic nitrogens is 4. The summed E-state index contributed by atoms with van der Waals surface area (Å²) in [6.07, 6.45) is 3.15. The minimum absolute atomic E-state index is 0.0658. The molecule has 4 aromatic rings. The van der Waals surface area contributed by atoms with Gasteiger partial charge in [-0.05, 0) is 30.3 Å². The molecular weight excluding hydrogens is 590 g/mol. The zero-order chi connectivity index (χ0) is 30.9. The van der Waals surface area contributed by atoms with E-state index < -0.39 is 44.9 Å². The fourth-order valence-corrected chi connectivity index (χ4v) is 5.19. The molecule has 2 aromatic carbocycles. The largest absolute Gasteiger partial charge is 0.465 e. The van der Waals surface area contributed by atoms with Gasteiger partial charge in [0, 0.05) is 39.8 Å². The first-order chi connectivity index (χ1) is 20.5. The van der Waals surface area contributed by atoms with E-state index in [1.54, 1.807) is 6.92 Å². The van der Waals surface area contributed by atoms with Gasteiger partial charge in [0.1, 0.15) is 12.1 Å². The summed E-state index contributed by atoms with van der Waals surface area (Å²) in [6.45, 7) is 3.15. The van der Waals surface area contributed by atoms with E-state index in [0.717, 1.165) is 16.4 Å². The lowest BCUT2D eigenvalue weighted by atomic mass is 10.2. The van der Waals surface area contributed by atoms with Crippen molar-refractivity contribution in [2.45, 2.75) is 6.92 Å². The van der Waals surface area contributed by atoms with Crippen molar-refractivity contribution in [3.63, 3.8) is 0 Å². The summed E-state index contributed by atoms with van der Waals surface area (Å²) < 4.78 is 64.1. The summed E-state index contributed by atoms with van der Waals surface area (Å²) >= 11 is 0. The van der Waals surface area contributed by atoms with E-state index in [9.17, 15) is 22.4 Å². The first-order valence-corrected chi connectivity index (χ1v) is 14.4. The second-order valence-electron chi connectivity index (χ2n) is 9.46. The molecule has 0 saturated carbocycles. The third-order valence-electron chi connectivity index (χ3n) is 6.83. The molecule has 14 nitrogen and oxygen atoms in total. The second kappa shape index (κ2) is 11.8. The Labute approximate surface area is 244 Å². The Bertz CT molecular complexity index is 1850. The van der Waals surface area contributed by atoms with Gasteiger partial charge < -0.3 is 19.6 Å². The van der Waals surface area contributed by atoms with Crippen LogP contribution in [-0.4, -0.2) is 88.1 Å². The standard InChI is InChI=1S/C26H26F2N8O6S/c1-3-33(2)43(40,41)32-21-7-5-19(27)23(22(21)28)42-17-4-6-20-18(12-17)24(37)36(15-31-20)16-13-29-25(30-14-16)34-8-10-35(11-9-34)26(38)39/h4-7,12-15,32H,3,8-11H2,1-2H3,(H,38,39). The lowest BCUT2D eigenvalue weighted by Crippen LogP contribution is -2.48. The third kappa shape index (κ3) is 6.02. The molecule has 0 bridgehead atoms. The van der Waals surface area contributed by atoms with Crippen molar-refractivity contribution in [1.82, 2.24) is 28.7 Å². The predicted octanol–water partition coefficient (Wildman–Crippen LogP) is 2.65. The van der Waals surface area contributed by atoms with Gasteiger partial charge in [0.25, 0.3) is 5.56 Å². The van der Waals surface area contributed by atoms with Crippen LogP contribution in [0.5, 0.6) is 11.5 Å². The molecule has 2 N–H and O–H groups in total. The number of nitrogens with one attached hydrogen (secondary N) is 1. The molecule has 0 unspecified atom stereocenters. The van der Waals surface area contributed by atoms with Gasteiger partial charge >= 0.3 is 16.3 Å². The highest BCUT2D eigenvalue weighted by molar-refractivity contribution is 7.90. The van der Waals surface area contributed by atoms with Gasteiger partial charge in [0.05, 0.1) is 34.7 Å². The van der Waals surface area contributed by atoms with Crippen LogP contribution in [-0.2, 0) is 10.2 Å². The highest BCUT2D eigenvalue weighted by Gasteiger charge is 2.24. The molecule has 0 radical (unpaired) electrons. The zero-order valence-electron chi connectivity index (χ0n) is 22.9. The Morgan fingerprint density at radius 3 is 2.44 bits per heavy atom. The number of halogens is 2. The number of carbonyl (C=O) groups is 1. The van der Waals surface area contributed by atoms with Crippen LogP contribution in [0.15, 0.2) is 53.8 Å². The number of amides is 1. The van der Waals surface area contributed by atoms with Crippen molar-refractivity contribution >= 4 is 38.8 Å². The molecule has 5 rings (SSSR count).